The SMILES string of the molecule is CC(=O)CCC(=O)On1c(=O)c2cc3c(=O)n(OS(=O)(=O)c4c(F)c(F)c(OC(=O)CCC(=O)Cl)c(F)c4F)c(=O)c3cc2c1=O. The molecular weight excluding hydrogens is 680 g/mol. The van der Waals surface area contributed by atoms with Crippen molar-refractivity contribution in [3.05, 3.63) is 76.8 Å². The summed E-state index contributed by atoms with van der Waals surface area (Å²) in [4.78, 5) is 98.6. The molecular formula is C25H13ClF4N2O13S. The van der Waals surface area contributed by atoms with Crippen molar-refractivity contribution in [1.82, 2.24) is 9.46 Å². The number of fused-ring (bicyclic) bond motifs is 2. The van der Waals surface area contributed by atoms with Gasteiger partial charge in [0.1, 0.15) is 5.78 Å². The summed E-state index contributed by atoms with van der Waals surface area (Å²) in [5.74, 6) is -15.7. The summed E-state index contributed by atoms with van der Waals surface area (Å²) in [5, 5.41) is -3.89. The predicted octanol–water partition coefficient (Wildman–Crippen LogP) is 0.0617. The van der Waals surface area contributed by atoms with E-state index in [4.69, 9.17) is 11.6 Å². The standard InChI is InChI=1S/C25H13ClF4N2O13S/c1-8(33)2-4-15(36)44-31-22(37)9-6-11-12(7-10(9)23(31)38)25(40)32(24(11)39)45-46(41,42)21-18(29)16(27)20(17(28)19(21)30)43-14(35)5-3-13(26)34/h6-7H,2-5H2,1H3. The maximum absolute atomic E-state index is 14.7. The molecule has 0 bridgehead atoms. The highest BCUT2D eigenvalue weighted by molar-refractivity contribution is 7.87. The van der Waals surface area contributed by atoms with Crippen molar-refractivity contribution in [2.45, 2.75) is 37.5 Å². The number of Topliss-reactive ketones (excluding diaryl/α,β-unsaturated/α-hetero) is 1. The monoisotopic (exact) mass is 692 g/mol. The smallest absolute Gasteiger partial charge is 0.363 e. The number of aromatic nitrogens is 2. The van der Waals surface area contributed by atoms with Crippen LogP contribution in [0.1, 0.15) is 32.6 Å². The van der Waals surface area contributed by atoms with Crippen LogP contribution < -0.4 is 36.1 Å². The molecule has 0 amide bonds. The molecule has 0 fully saturated rings. The maximum atomic E-state index is 14.7. The van der Waals surface area contributed by atoms with Gasteiger partial charge in [0.15, 0.2) is 16.5 Å². The van der Waals surface area contributed by atoms with Crippen molar-refractivity contribution >= 4 is 66.2 Å². The molecule has 2 heterocycles. The van der Waals surface area contributed by atoms with Crippen molar-refractivity contribution in [2.75, 3.05) is 0 Å². The van der Waals surface area contributed by atoms with E-state index in [0.717, 1.165) is 0 Å². The molecule has 46 heavy (non-hydrogen) atoms. The number of hydrogen-bond donors (Lipinski definition) is 0. The number of esters is 1. The van der Waals surface area contributed by atoms with Crippen LogP contribution in [0, 0.1) is 23.3 Å². The number of carbonyl (C=O) groups excluding carboxylic acids is 4. The first-order valence-corrected chi connectivity index (χ1v) is 14.0. The molecule has 0 spiro atoms. The lowest BCUT2D eigenvalue weighted by molar-refractivity contribution is -0.145. The Morgan fingerprint density at radius 1 is 0.696 bits per heavy atom. The Bertz CT molecular complexity index is 2230. The van der Waals surface area contributed by atoms with Gasteiger partial charge >= 0.3 is 22.1 Å². The zero-order valence-electron chi connectivity index (χ0n) is 22.5. The van der Waals surface area contributed by atoms with E-state index in [1.807, 2.05) is 0 Å². The maximum Gasteiger partial charge on any atom is 0.363 e. The molecule has 2 aromatic carbocycles. The van der Waals surface area contributed by atoms with E-state index in [2.05, 4.69) is 13.9 Å². The van der Waals surface area contributed by atoms with Crippen molar-refractivity contribution in [2.24, 2.45) is 0 Å². The van der Waals surface area contributed by atoms with Crippen LogP contribution in [-0.2, 0) is 29.3 Å². The summed E-state index contributed by atoms with van der Waals surface area (Å²) >= 11 is 5.00. The molecule has 0 radical (unpaired) electrons. The molecule has 0 aliphatic heterocycles. The van der Waals surface area contributed by atoms with Crippen LogP contribution in [-0.4, -0.2) is 40.8 Å². The summed E-state index contributed by atoms with van der Waals surface area (Å²) in [5.41, 5.74) is -6.00. The van der Waals surface area contributed by atoms with Crippen LogP contribution in [0.5, 0.6) is 5.75 Å². The Labute approximate surface area is 254 Å². The second kappa shape index (κ2) is 12.3. The van der Waals surface area contributed by atoms with Crippen LogP contribution >= 0.6 is 11.6 Å². The van der Waals surface area contributed by atoms with Gasteiger partial charge in [-0.1, -0.05) is 9.46 Å². The molecule has 0 unspecified atom stereocenters. The molecule has 0 saturated heterocycles. The number of hydrogen-bond acceptors (Lipinski definition) is 13. The highest BCUT2D eigenvalue weighted by Crippen LogP contribution is 2.33. The lowest BCUT2D eigenvalue weighted by Crippen LogP contribution is -2.36. The van der Waals surface area contributed by atoms with E-state index in [1.165, 1.54) is 6.92 Å². The van der Waals surface area contributed by atoms with Gasteiger partial charge in [0.2, 0.25) is 22.6 Å². The average molecular weight is 693 g/mol. The largest absolute Gasteiger partial charge is 0.420 e. The molecule has 15 nitrogen and oxygen atoms in total. The summed E-state index contributed by atoms with van der Waals surface area (Å²) in [7, 11) is -6.14. The predicted molar refractivity (Wildman–Crippen MR) is 142 cm³/mol. The van der Waals surface area contributed by atoms with E-state index in [1.54, 1.807) is 0 Å². The number of ketones is 1. The molecule has 2 aromatic heterocycles. The van der Waals surface area contributed by atoms with Crippen molar-refractivity contribution in [3.63, 3.8) is 0 Å². The normalized spacial score (nSPS) is 11.6. The summed E-state index contributed by atoms with van der Waals surface area (Å²) in [6, 6.07) is 1.23. The van der Waals surface area contributed by atoms with Gasteiger partial charge in [0.05, 0.1) is 34.4 Å². The fraction of sp³-hybridized carbons (Fsp3) is 0.200. The van der Waals surface area contributed by atoms with E-state index in [0.29, 0.717) is 12.1 Å². The molecule has 4 rings (SSSR count). The van der Waals surface area contributed by atoms with Crippen molar-refractivity contribution in [1.29, 1.82) is 0 Å². The van der Waals surface area contributed by atoms with Gasteiger partial charge in [-0.15, -0.1) is 0 Å². The molecule has 0 atom stereocenters. The second-order valence-corrected chi connectivity index (χ2v) is 11.1. The minimum Gasteiger partial charge on any atom is -0.420 e. The van der Waals surface area contributed by atoms with Gasteiger partial charge < -0.3 is 14.4 Å². The van der Waals surface area contributed by atoms with Crippen LogP contribution in [0.25, 0.3) is 21.5 Å². The van der Waals surface area contributed by atoms with E-state index < -0.39 is 135 Å². The molecule has 242 valence electrons. The van der Waals surface area contributed by atoms with Crippen LogP contribution in [0.2, 0.25) is 0 Å². The highest BCUT2D eigenvalue weighted by atomic mass is 35.5. The van der Waals surface area contributed by atoms with Crippen LogP contribution in [0.15, 0.2) is 36.2 Å². The van der Waals surface area contributed by atoms with Gasteiger partial charge in [-0.2, -0.15) is 17.2 Å². The number of benzene rings is 2. The molecule has 21 heteroatoms. The van der Waals surface area contributed by atoms with E-state index in [9.17, 15) is 64.3 Å². The van der Waals surface area contributed by atoms with Crippen LogP contribution in [0.4, 0.5) is 17.6 Å². The summed E-state index contributed by atoms with van der Waals surface area (Å²) in [6.45, 7) is 1.17. The van der Waals surface area contributed by atoms with Crippen molar-refractivity contribution in [3.8, 4) is 5.75 Å². The topological polar surface area (TPSA) is 208 Å². The zero-order valence-corrected chi connectivity index (χ0v) is 24.1. The third-order valence-electron chi connectivity index (χ3n) is 6.04. The number of rotatable bonds is 11. The number of ether oxygens (including phenoxy) is 1. The lowest BCUT2D eigenvalue weighted by Gasteiger charge is -2.12. The lowest BCUT2D eigenvalue weighted by atomic mass is 10.1. The Balaban J connectivity index is 1.75. The van der Waals surface area contributed by atoms with Gasteiger partial charge in [0.25, 0.3) is 22.2 Å². The first kappa shape index (κ1) is 33.6. The fourth-order valence-corrected chi connectivity index (χ4v) is 5.03. The summed E-state index contributed by atoms with van der Waals surface area (Å²) in [6.07, 6.45) is -2.37. The first-order valence-electron chi connectivity index (χ1n) is 12.2. The van der Waals surface area contributed by atoms with E-state index >= 15 is 0 Å². The van der Waals surface area contributed by atoms with Crippen LogP contribution in [0.3, 0.4) is 0 Å². The Morgan fingerprint density at radius 2 is 1.13 bits per heavy atom. The minimum absolute atomic E-state index is 0.0109. The van der Waals surface area contributed by atoms with Gasteiger partial charge in [0, 0.05) is 12.8 Å². The number of nitrogens with zero attached hydrogens (tertiary/aromatic N) is 2. The molecule has 0 N–H and O–H groups in total. The number of carbonyl (C=O) groups is 4. The van der Waals surface area contributed by atoms with Gasteiger partial charge in [-0.05, 0) is 30.7 Å². The third-order valence-corrected chi connectivity index (χ3v) is 7.43. The Hall–Kier alpha value is -5.24. The average Bonchev–Trinajstić information content (AvgIpc) is 3.34. The fourth-order valence-electron chi connectivity index (χ4n) is 3.91. The minimum atomic E-state index is -6.14. The molecule has 0 aliphatic carbocycles. The molecule has 4 aromatic rings. The summed E-state index contributed by atoms with van der Waals surface area (Å²) < 4.78 is 91.7. The Kier molecular flexibility index (Phi) is 8.98. The van der Waals surface area contributed by atoms with Crippen molar-refractivity contribution < 1.29 is 59.0 Å². The quantitative estimate of drug-likeness (QED) is 0.0671. The third kappa shape index (κ3) is 6.03. The first-order chi connectivity index (χ1) is 21.4. The number of halogens is 5. The highest BCUT2D eigenvalue weighted by Gasteiger charge is 2.37. The van der Waals surface area contributed by atoms with Gasteiger partial charge in [-0.25, -0.2) is 13.6 Å². The van der Waals surface area contributed by atoms with Gasteiger partial charge in [-0.3, -0.25) is 33.1 Å². The molecule has 0 aliphatic rings. The Morgan fingerprint density at radius 3 is 1.57 bits per heavy atom. The molecule has 0 saturated carbocycles. The second-order valence-electron chi connectivity index (χ2n) is 9.19. The zero-order chi connectivity index (χ0) is 34.4. The van der Waals surface area contributed by atoms with E-state index in [-0.39, 0.29) is 11.2 Å².